The van der Waals surface area contributed by atoms with Gasteiger partial charge in [0.1, 0.15) is 0 Å². The third-order valence-electron chi connectivity index (χ3n) is 4.85. The molecule has 0 aromatic rings. The standard InChI is InChI=1S/C13H26N2O/c14-11-12(5-2-1-3-6-12)13(16)7-4-9-15-10-8-13/h15-16H,1-11,14H2. The van der Waals surface area contributed by atoms with Crippen LogP contribution in [0, 0.1) is 5.41 Å². The summed E-state index contributed by atoms with van der Waals surface area (Å²) in [6.07, 6.45) is 8.94. The molecule has 4 N–H and O–H groups in total. The van der Waals surface area contributed by atoms with E-state index in [1.54, 1.807) is 0 Å². The Balaban J connectivity index is 2.16. The molecule has 2 rings (SSSR count). The van der Waals surface area contributed by atoms with Gasteiger partial charge < -0.3 is 16.2 Å². The van der Waals surface area contributed by atoms with Crippen LogP contribution in [-0.2, 0) is 0 Å². The summed E-state index contributed by atoms with van der Waals surface area (Å²) in [5.41, 5.74) is 5.53. The molecule has 0 radical (unpaired) electrons. The number of nitrogens with two attached hydrogens (primary N) is 1. The van der Waals surface area contributed by atoms with Crippen LogP contribution in [0.4, 0.5) is 0 Å². The van der Waals surface area contributed by atoms with Crippen molar-refractivity contribution in [2.24, 2.45) is 11.1 Å². The average molecular weight is 226 g/mol. The van der Waals surface area contributed by atoms with Gasteiger partial charge in [0, 0.05) is 12.0 Å². The molecule has 16 heavy (non-hydrogen) atoms. The molecule has 2 aliphatic rings. The molecule has 94 valence electrons. The van der Waals surface area contributed by atoms with E-state index in [0.29, 0.717) is 6.54 Å². The molecule has 0 bridgehead atoms. The third-order valence-corrected chi connectivity index (χ3v) is 4.85. The van der Waals surface area contributed by atoms with Crippen molar-refractivity contribution >= 4 is 0 Å². The van der Waals surface area contributed by atoms with Gasteiger partial charge in [0.25, 0.3) is 0 Å². The molecule has 3 nitrogen and oxygen atoms in total. The van der Waals surface area contributed by atoms with Crippen molar-refractivity contribution in [1.82, 2.24) is 5.32 Å². The molecule has 1 aliphatic carbocycles. The molecule has 1 saturated carbocycles. The van der Waals surface area contributed by atoms with Crippen molar-refractivity contribution in [1.29, 1.82) is 0 Å². The highest BCUT2D eigenvalue weighted by atomic mass is 16.3. The van der Waals surface area contributed by atoms with Gasteiger partial charge >= 0.3 is 0 Å². The highest BCUT2D eigenvalue weighted by molar-refractivity contribution is 5.02. The first-order chi connectivity index (χ1) is 7.72. The van der Waals surface area contributed by atoms with Gasteiger partial charge in [-0.1, -0.05) is 19.3 Å². The van der Waals surface area contributed by atoms with Crippen LogP contribution in [0.3, 0.4) is 0 Å². The zero-order chi connectivity index (χ0) is 11.5. The van der Waals surface area contributed by atoms with Gasteiger partial charge in [-0.25, -0.2) is 0 Å². The molecule has 2 fully saturated rings. The zero-order valence-electron chi connectivity index (χ0n) is 10.3. The topological polar surface area (TPSA) is 58.3 Å². The minimum atomic E-state index is -0.508. The Hall–Kier alpha value is -0.120. The maximum absolute atomic E-state index is 11.0. The van der Waals surface area contributed by atoms with E-state index in [0.717, 1.165) is 45.2 Å². The molecular formula is C13H26N2O. The van der Waals surface area contributed by atoms with E-state index in [9.17, 15) is 5.11 Å². The number of aliphatic hydroxyl groups is 1. The van der Waals surface area contributed by atoms with Crippen LogP contribution in [0.15, 0.2) is 0 Å². The predicted octanol–water partition coefficient (Wildman–Crippen LogP) is 1.40. The summed E-state index contributed by atoms with van der Waals surface area (Å²) in [7, 11) is 0. The van der Waals surface area contributed by atoms with Gasteiger partial charge in [-0.15, -0.1) is 0 Å². The molecular weight excluding hydrogens is 200 g/mol. The van der Waals surface area contributed by atoms with Gasteiger partial charge in [0.2, 0.25) is 0 Å². The van der Waals surface area contributed by atoms with E-state index in [2.05, 4.69) is 5.32 Å². The van der Waals surface area contributed by atoms with Crippen LogP contribution >= 0.6 is 0 Å². The maximum atomic E-state index is 11.0. The molecule has 0 aromatic carbocycles. The fourth-order valence-electron chi connectivity index (χ4n) is 3.67. The fraction of sp³-hybridized carbons (Fsp3) is 1.00. The third kappa shape index (κ3) is 2.13. The summed E-state index contributed by atoms with van der Waals surface area (Å²) in [5.74, 6) is 0. The van der Waals surface area contributed by atoms with Gasteiger partial charge in [0.15, 0.2) is 0 Å². The molecule has 1 aliphatic heterocycles. The van der Waals surface area contributed by atoms with E-state index < -0.39 is 5.60 Å². The number of hydrogen-bond acceptors (Lipinski definition) is 3. The second-order valence-corrected chi connectivity index (χ2v) is 5.68. The van der Waals surface area contributed by atoms with Crippen molar-refractivity contribution in [3.63, 3.8) is 0 Å². The van der Waals surface area contributed by atoms with Crippen molar-refractivity contribution in [3.8, 4) is 0 Å². The predicted molar refractivity (Wildman–Crippen MR) is 66.2 cm³/mol. The molecule has 1 saturated heterocycles. The first-order valence-corrected chi connectivity index (χ1v) is 6.86. The second-order valence-electron chi connectivity index (χ2n) is 5.68. The normalized spacial score (nSPS) is 35.6. The Bertz CT molecular complexity index is 216. The smallest absolute Gasteiger partial charge is 0.0728 e. The number of nitrogens with one attached hydrogen (secondary N) is 1. The fourth-order valence-corrected chi connectivity index (χ4v) is 3.67. The van der Waals surface area contributed by atoms with E-state index in [1.165, 1.54) is 19.3 Å². The molecule has 1 unspecified atom stereocenters. The van der Waals surface area contributed by atoms with Crippen LogP contribution in [0.25, 0.3) is 0 Å². The summed E-state index contributed by atoms with van der Waals surface area (Å²) < 4.78 is 0. The van der Waals surface area contributed by atoms with Crippen molar-refractivity contribution in [3.05, 3.63) is 0 Å². The van der Waals surface area contributed by atoms with Crippen LogP contribution in [0.5, 0.6) is 0 Å². The highest BCUT2D eigenvalue weighted by Gasteiger charge is 2.49. The first kappa shape index (κ1) is 12.3. The van der Waals surface area contributed by atoms with Crippen LogP contribution in [0.1, 0.15) is 51.4 Å². The zero-order valence-corrected chi connectivity index (χ0v) is 10.3. The lowest BCUT2D eigenvalue weighted by Gasteiger charge is -2.49. The molecule has 0 amide bonds. The lowest BCUT2D eigenvalue weighted by Crippen LogP contribution is -2.54. The molecule has 1 atom stereocenters. The number of hydrogen-bond donors (Lipinski definition) is 3. The molecule has 1 heterocycles. The highest BCUT2D eigenvalue weighted by Crippen LogP contribution is 2.48. The summed E-state index contributed by atoms with van der Waals surface area (Å²) in [4.78, 5) is 0. The summed E-state index contributed by atoms with van der Waals surface area (Å²) in [6.45, 7) is 2.64. The van der Waals surface area contributed by atoms with Gasteiger partial charge in [-0.05, 0) is 45.2 Å². The van der Waals surface area contributed by atoms with Gasteiger partial charge in [-0.2, -0.15) is 0 Å². The molecule has 0 spiro atoms. The van der Waals surface area contributed by atoms with Crippen molar-refractivity contribution < 1.29 is 5.11 Å². The van der Waals surface area contributed by atoms with Gasteiger partial charge in [0.05, 0.1) is 5.60 Å². The van der Waals surface area contributed by atoms with Crippen LogP contribution in [-0.4, -0.2) is 30.3 Å². The average Bonchev–Trinajstić information content (AvgIpc) is 2.56. The summed E-state index contributed by atoms with van der Waals surface area (Å²) in [5, 5.41) is 14.4. The Kier molecular flexibility index (Phi) is 3.88. The first-order valence-electron chi connectivity index (χ1n) is 6.86. The largest absolute Gasteiger partial charge is 0.389 e. The minimum Gasteiger partial charge on any atom is -0.389 e. The number of rotatable bonds is 2. The minimum absolute atomic E-state index is 0.0112. The Morgan fingerprint density at radius 2 is 1.69 bits per heavy atom. The molecule has 0 aromatic heterocycles. The Morgan fingerprint density at radius 1 is 0.938 bits per heavy atom. The van der Waals surface area contributed by atoms with Gasteiger partial charge in [-0.3, -0.25) is 0 Å². The van der Waals surface area contributed by atoms with E-state index in [4.69, 9.17) is 5.73 Å². The second kappa shape index (κ2) is 5.03. The molecule has 3 heteroatoms. The monoisotopic (exact) mass is 226 g/mol. The Labute approximate surface area is 98.8 Å². The van der Waals surface area contributed by atoms with E-state index in [-0.39, 0.29) is 5.41 Å². The van der Waals surface area contributed by atoms with Crippen LogP contribution < -0.4 is 11.1 Å². The van der Waals surface area contributed by atoms with E-state index in [1.807, 2.05) is 0 Å². The lowest BCUT2D eigenvalue weighted by atomic mass is 9.61. The Morgan fingerprint density at radius 3 is 2.38 bits per heavy atom. The summed E-state index contributed by atoms with van der Waals surface area (Å²) >= 11 is 0. The van der Waals surface area contributed by atoms with Crippen molar-refractivity contribution in [2.45, 2.75) is 57.0 Å². The van der Waals surface area contributed by atoms with E-state index >= 15 is 0 Å². The van der Waals surface area contributed by atoms with Crippen LogP contribution in [0.2, 0.25) is 0 Å². The maximum Gasteiger partial charge on any atom is 0.0728 e. The quantitative estimate of drug-likeness (QED) is 0.667. The lowest BCUT2D eigenvalue weighted by molar-refractivity contribution is -0.107. The van der Waals surface area contributed by atoms with Crippen molar-refractivity contribution in [2.75, 3.05) is 19.6 Å². The summed E-state index contributed by atoms with van der Waals surface area (Å²) in [6, 6.07) is 0. The SMILES string of the molecule is NCC1(C2(O)CCCNCC2)CCCCC1.